The number of hydrogen-bond acceptors (Lipinski definition) is 3. The predicted octanol–water partition coefficient (Wildman–Crippen LogP) is 5.08. The van der Waals surface area contributed by atoms with Gasteiger partial charge in [-0.3, -0.25) is 9.59 Å². The normalized spacial score (nSPS) is 12.5. The summed E-state index contributed by atoms with van der Waals surface area (Å²) in [4.78, 5) is 26.0. The van der Waals surface area contributed by atoms with Crippen molar-refractivity contribution >= 4 is 22.9 Å². The standard InChI is InChI=1S/C23H19NO2/c1-3-15-9-6-8-14(2)21(15)24-19-13-7-12-18-20(19)23(26)17-11-5-4-10-16(17)22(18)25/h4-13,24H,3H2,1-2H3. The lowest BCUT2D eigenvalue weighted by Crippen LogP contribution is -2.22. The van der Waals surface area contributed by atoms with Crippen LogP contribution in [0.2, 0.25) is 0 Å². The second kappa shape index (κ2) is 6.26. The van der Waals surface area contributed by atoms with Gasteiger partial charge in [0.05, 0.1) is 11.3 Å². The van der Waals surface area contributed by atoms with Crippen LogP contribution in [-0.4, -0.2) is 11.6 Å². The highest BCUT2D eigenvalue weighted by Crippen LogP contribution is 2.34. The number of anilines is 2. The van der Waals surface area contributed by atoms with Crippen molar-refractivity contribution in [3.8, 4) is 0 Å². The van der Waals surface area contributed by atoms with Crippen molar-refractivity contribution in [2.75, 3.05) is 5.32 Å². The zero-order valence-electron chi connectivity index (χ0n) is 14.8. The molecule has 1 N–H and O–H groups in total. The lowest BCUT2D eigenvalue weighted by atomic mass is 9.83. The third-order valence-electron chi connectivity index (χ3n) is 4.95. The monoisotopic (exact) mass is 341 g/mol. The molecule has 0 aromatic heterocycles. The molecule has 0 spiro atoms. The Morgan fingerprint density at radius 3 is 2.15 bits per heavy atom. The second-order valence-corrected chi connectivity index (χ2v) is 6.52. The molecule has 128 valence electrons. The molecule has 0 heterocycles. The number of rotatable bonds is 3. The van der Waals surface area contributed by atoms with E-state index < -0.39 is 0 Å². The van der Waals surface area contributed by atoms with Crippen LogP contribution in [0.15, 0.2) is 60.7 Å². The first-order valence-corrected chi connectivity index (χ1v) is 8.78. The number of aryl methyl sites for hydroxylation is 2. The molecule has 1 aliphatic carbocycles. The molecule has 3 aromatic rings. The Labute approximate surface area is 152 Å². The summed E-state index contributed by atoms with van der Waals surface area (Å²) in [5.41, 5.74) is 5.84. The van der Waals surface area contributed by atoms with E-state index in [-0.39, 0.29) is 11.6 Å². The number of carbonyl (C=O) groups excluding carboxylic acids is 2. The van der Waals surface area contributed by atoms with Crippen molar-refractivity contribution in [2.24, 2.45) is 0 Å². The van der Waals surface area contributed by atoms with E-state index in [0.717, 1.165) is 17.7 Å². The van der Waals surface area contributed by atoms with Gasteiger partial charge in [0.2, 0.25) is 0 Å². The van der Waals surface area contributed by atoms with Crippen LogP contribution in [0.1, 0.15) is 49.9 Å². The number of fused-ring (bicyclic) bond motifs is 2. The average molecular weight is 341 g/mol. The third-order valence-corrected chi connectivity index (χ3v) is 4.95. The highest BCUT2D eigenvalue weighted by molar-refractivity contribution is 6.30. The van der Waals surface area contributed by atoms with E-state index in [1.54, 1.807) is 30.3 Å². The Morgan fingerprint density at radius 2 is 1.42 bits per heavy atom. The van der Waals surface area contributed by atoms with E-state index in [1.165, 1.54) is 5.56 Å². The van der Waals surface area contributed by atoms with E-state index in [0.29, 0.717) is 27.9 Å². The molecule has 3 heteroatoms. The molecular formula is C23H19NO2. The highest BCUT2D eigenvalue weighted by atomic mass is 16.1. The maximum Gasteiger partial charge on any atom is 0.196 e. The maximum absolute atomic E-state index is 13.1. The van der Waals surface area contributed by atoms with Gasteiger partial charge in [-0.1, -0.05) is 61.5 Å². The van der Waals surface area contributed by atoms with Gasteiger partial charge < -0.3 is 5.32 Å². The molecule has 0 saturated heterocycles. The van der Waals surface area contributed by atoms with Gasteiger partial charge in [0.1, 0.15) is 0 Å². The quantitative estimate of drug-likeness (QED) is 0.565. The SMILES string of the molecule is CCc1cccc(C)c1Nc1cccc2c1C(=O)c1ccccc1C2=O. The molecule has 0 amide bonds. The van der Waals surface area contributed by atoms with Crippen molar-refractivity contribution in [3.63, 3.8) is 0 Å². The zero-order chi connectivity index (χ0) is 18.3. The van der Waals surface area contributed by atoms with Gasteiger partial charge in [0.25, 0.3) is 0 Å². The largest absolute Gasteiger partial charge is 0.354 e. The predicted molar refractivity (Wildman–Crippen MR) is 104 cm³/mol. The molecule has 0 bridgehead atoms. The minimum Gasteiger partial charge on any atom is -0.354 e. The van der Waals surface area contributed by atoms with Gasteiger partial charge in [-0.05, 0) is 30.5 Å². The Bertz CT molecular complexity index is 1050. The Kier molecular flexibility index (Phi) is 3.92. The zero-order valence-corrected chi connectivity index (χ0v) is 14.8. The van der Waals surface area contributed by atoms with Crippen molar-refractivity contribution < 1.29 is 9.59 Å². The second-order valence-electron chi connectivity index (χ2n) is 6.52. The van der Waals surface area contributed by atoms with Gasteiger partial charge in [0.15, 0.2) is 11.6 Å². The fourth-order valence-electron chi connectivity index (χ4n) is 3.59. The minimum atomic E-state index is -0.107. The average Bonchev–Trinajstić information content (AvgIpc) is 2.67. The molecular weight excluding hydrogens is 322 g/mol. The van der Waals surface area contributed by atoms with Crippen LogP contribution in [-0.2, 0) is 6.42 Å². The van der Waals surface area contributed by atoms with Crippen LogP contribution >= 0.6 is 0 Å². The van der Waals surface area contributed by atoms with Gasteiger partial charge in [-0.15, -0.1) is 0 Å². The molecule has 0 atom stereocenters. The van der Waals surface area contributed by atoms with E-state index in [1.807, 2.05) is 31.2 Å². The first kappa shape index (κ1) is 16.3. The summed E-state index contributed by atoms with van der Waals surface area (Å²) in [6, 6.07) is 18.6. The third kappa shape index (κ3) is 2.44. The number of carbonyl (C=O) groups is 2. The van der Waals surface area contributed by atoms with Crippen molar-refractivity contribution in [2.45, 2.75) is 20.3 Å². The summed E-state index contributed by atoms with van der Waals surface area (Å²) in [6.45, 7) is 4.14. The summed E-state index contributed by atoms with van der Waals surface area (Å²) in [5.74, 6) is -0.204. The number of hydrogen-bond donors (Lipinski definition) is 1. The summed E-state index contributed by atoms with van der Waals surface area (Å²) in [5, 5.41) is 3.43. The van der Waals surface area contributed by atoms with Crippen molar-refractivity contribution in [1.82, 2.24) is 0 Å². The maximum atomic E-state index is 13.1. The van der Waals surface area contributed by atoms with Crippen LogP contribution in [0.4, 0.5) is 11.4 Å². The first-order valence-electron chi connectivity index (χ1n) is 8.78. The summed E-state index contributed by atoms with van der Waals surface area (Å²) < 4.78 is 0. The van der Waals surface area contributed by atoms with Crippen LogP contribution in [0.25, 0.3) is 0 Å². The van der Waals surface area contributed by atoms with E-state index >= 15 is 0 Å². The molecule has 1 aliphatic rings. The van der Waals surface area contributed by atoms with Crippen molar-refractivity contribution in [1.29, 1.82) is 0 Å². The molecule has 3 nitrogen and oxygen atoms in total. The van der Waals surface area contributed by atoms with Crippen LogP contribution < -0.4 is 5.32 Å². The van der Waals surface area contributed by atoms with Crippen LogP contribution in [0, 0.1) is 6.92 Å². The lowest BCUT2D eigenvalue weighted by Gasteiger charge is -2.22. The van der Waals surface area contributed by atoms with E-state index in [4.69, 9.17) is 0 Å². The number of ketones is 2. The van der Waals surface area contributed by atoms with Gasteiger partial charge in [-0.25, -0.2) is 0 Å². The summed E-state index contributed by atoms with van der Waals surface area (Å²) in [6.07, 6.45) is 0.884. The Balaban J connectivity index is 1.87. The molecule has 0 unspecified atom stereocenters. The molecule has 4 rings (SSSR count). The Morgan fingerprint density at radius 1 is 0.769 bits per heavy atom. The first-order chi connectivity index (χ1) is 12.6. The Hall–Kier alpha value is -3.20. The van der Waals surface area contributed by atoms with Gasteiger partial charge >= 0.3 is 0 Å². The molecule has 0 saturated carbocycles. The van der Waals surface area contributed by atoms with Crippen LogP contribution in [0.3, 0.4) is 0 Å². The fourth-order valence-corrected chi connectivity index (χ4v) is 3.59. The molecule has 26 heavy (non-hydrogen) atoms. The van der Waals surface area contributed by atoms with Crippen molar-refractivity contribution in [3.05, 3.63) is 94.0 Å². The number of para-hydroxylation sites is 1. The number of nitrogens with one attached hydrogen (secondary N) is 1. The van der Waals surface area contributed by atoms with E-state index in [2.05, 4.69) is 18.3 Å². The topological polar surface area (TPSA) is 46.2 Å². The molecule has 0 aliphatic heterocycles. The lowest BCUT2D eigenvalue weighted by molar-refractivity contribution is 0.0979. The minimum absolute atomic E-state index is 0.0978. The summed E-state index contributed by atoms with van der Waals surface area (Å²) in [7, 11) is 0. The highest BCUT2D eigenvalue weighted by Gasteiger charge is 2.31. The summed E-state index contributed by atoms with van der Waals surface area (Å²) >= 11 is 0. The number of benzene rings is 3. The molecule has 0 radical (unpaired) electrons. The van der Waals surface area contributed by atoms with Crippen LogP contribution in [0.5, 0.6) is 0 Å². The van der Waals surface area contributed by atoms with Gasteiger partial charge in [-0.2, -0.15) is 0 Å². The molecule has 0 fully saturated rings. The van der Waals surface area contributed by atoms with Gasteiger partial charge in [0, 0.05) is 22.4 Å². The smallest absolute Gasteiger partial charge is 0.196 e. The molecule has 3 aromatic carbocycles. The van der Waals surface area contributed by atoms with E-state index in [9.17, 15) is 9.59 Å². The fraction of sp³-hybridized carbons (Fsp3) is 0.130.